The van der Waals surface area contributed by atoms with Crippen LogP contribution in [0.4, 0.5) is 5.69 Å². The molecule has 0 unspecified atom stereocenters. The summed E-state index contributed by atoms with van der Waals surface area (Å²) in [5, 5.41) is 14.2. The molecule has 0 saturated carbocycles. The van der Waals surface area contributed by atoms with Crippen molar-refractivity contribution in [3.05, 3.63) is 76.3 Å². The molecule has 0 heterocycles. The molecular weight excluding hydrogens is 392 g/mol. The first-order valence-electron chi connectivity index (χ1n) is 7.87. The van der Waals surface area contributed by atoms with Crippen LogP contribution < -0.4 is 10.1 Å². The molecule has 0 aliphatic heterocycles. The normalized spacial score (nSPS) is 11.0. The maximum Gasteiger partial charge on any atom is 0.266 e. The summed E-state index contributed by atoms with van der Waals surface area (Å²) in [5.74, 6) is 0.116. The minimum absolute atomic E-state index is 0.00525. The van der Waals surface area contributed by atoms with Crippen LogP contribution in [-0.2, 0) is 4.79 Å². The molecule has 4 nitrogen and oxygen atoms in total. The summed E-state index contributed by atoms with van der Waals surface area (Å²) >= 11 is 3.39. The predicted molar refractivity (Wildman–Crippen MR) is 107 cm³/mol. The Morgan fingerprint density at radius 2 is 1.92 bits per heavy atom. The van der Waals surface area contributed by atoms with Crippen molar-refractivity contribution in [2.24, 2.45) is 0 Å². The molecular formula is C21H15BrN2O2. The van der Waals surface area contributed by atoms with E-state index in [0.29, 0.717) is 17.0 Å². The van der Waals surface area contributed by atoms with E-state index in [1.54, 1.807) is 19.2 Å². The molecule has 0 spiro atoms. The lowest BCUT2D eigenvalue weighted by molar-refractivity contribution is -0.112. The highest BCUT2D eigenvalue weighted by atomic mass is 79.9. The zero-order chi connectivity index (χ0) is 18.5. The fourth-order valence-corrected chi connectivity index (χ4v) is 3.02. The number of rotatable bonds is 4. The number of methoxy groups -OCH3 is 1. The zero-order valence-electron chi connectivity index (χ0n) is 14.0. The molecule has 3 aromatic carbocycles. The lowest BCUT2D eigenvalue weighted by Gasteiger charge is -2.09. The van der Waals surface area contributed by atoms with E-state index in [-0.39, 0.29) is 5.57 Å². The molecule has 0 aromatic heterocycles. The van der Waals surface area contributed by atoms with Crippen molar-refractivity contribution < 1.29 is 9.53 Å². The maximum atomic E-state index is 12.6. The topological polar surface area (TPSA) is 62.1 Å². The Hall–Kier alpha value is -3.10. The van der Waals surface area contributed by atoms with Crippen LogP contribution in [0.2, 0.25) is 0 Å². The van der Waals surface area contributed by atoms with E-state index < -0.39 is 5.91 Å². The minimum Gasteiger partial charge on any atom is -0.496 e. The second-order valence-corrected chi connectivity index (χ2v) is 6.45. The van der Waals surface area contributed by atoms with E-state index in [4.69, 9.17) is 4.74 Å². The zero-order valence-corrected chi connectivity index (χ0v) is 15.6. The first-order valence-corrected chi connectivity index (χ1v) is 8.66. The number of nitrogens with zero attached hydrogens (tertiary/aromatic N) is 1. The van der Waals surface area contributed by atoms with Gasteiger partial charge in [0.25, 0.3) is 5.91 Å². The van der Waals surface area contributed by atoms with Crippen LogP contribution >= 0.6 is 15.9 Å². The second-order valence-electron chi connectivity index (χ2n) is 5.54. The number of hydrogen-bond donors (Lipinski definition) is 1. The number of nitriles is 1. The highest BCUT2D eigenvalue weighted by Gasteiger charge is 2.13. The standard InChI is InChI=1S/C21H15BrN2O2/c1-26-20-10-9-17(22)12-15(20)11-16(13-23)21(25)24-19-8-4-6-14-5-2-3-7-18(14)19/h2-12H,1H3,(H,24,25)/b16-11+. The van der Waals surface area contributed by atoms with Gasteiger partial charge in [-0.3, -0.25) is 4.79 Å². The highest BCUT2D eigenvalue weighted by Crippen LogP contribution is 2.26. The Morgan fingerprint density at radius 1 is 1.15 bits per heavy atom. The summed E-state index contributed by atoms with van der Waals surface area (Å²) in [6.07, 6.45) is 1.52. The molecule has 3 rings (SSSR count). The van der Waals surface area contributed by atoms with Gasteiger partial charge in [-0.2, -0.15) is 5.26 Å². The summed E-state index contributed by atoms with van der Waals surface area (Å²) in [5.41, 5.74) is 1.30. The summed E-state index contributed by atoms with van der Waals surface area (Å²) < 4.78 is 6.12. The average Bonchev–Trinajstić information content (AvgIpc) is 2.66. The van der Waals surface area contributed by atoms with Gasteiger partial charge in [-0.25, -0.2) is 0 Å². The van der Waals surface area contributed by atoms with Gasteiger partial charge in [0.15, 0.2) is 0 Å². The lowest BCUT2D eigenvalue weighted by Crippen LogP contribution is -2.13. The van der Waals surface area contributed by atoms with Crippen molar-refractivity contribution in [3.8, 4) is 11.8 Å². The third-order valence-corrected chi connectivity index (χ3v) is 4.39. The smallest absolute Gasteiger partial charge is 0.266 e. The van der Waals surface area contributed by atoms with Gasteiger partial charge in [0.2, 0.25) is 0 Å². The average molecular weight is 407 g/mol. The van der Waals surface area contributed by atoms with Gasteiger partial charge in [-0.15, -0.1) is 0 Å². The Bertz CT molecular complexity index is 1050. The molecule has 0 aliphatic carbocycles. The molecule has 0 aliphatic rings. The number of carbonyl (C=O) groups is 1. The number of carbonyl (C=O) groups excluding carboxylic acids is 1. The maximum absolute atomic E-state index is 12.6. The summed E-state index contributed by atoms with van der Waals surface area (Å²) in [6.45, 7) is 0. The number of nitrogens with one attached hydrogen (secondary N) is 1. The first-order chi connectivity index (χ1) is 12.6. The van der Waals surface area contributed by atoms with Crippen LogP contribution in [0, 0.1) is 11.3 Å². The monoisotopic (exact) mass is 406 g/mol. The predicted octanol–water partition coefficient (Wildman–Crippen LogP) is 5.16. The van der Waals surface area contributed by atoms with Crippen molar-refractivity contribution in [2.45, 2.75) is 0 Å². The van der Waals surface area contributed by atoms with Crippen LogP contribution in [0.1, 0.15) is 5.56 Å². The number of benzene rings is 3. The van der Waals surface area contributed by atoms with E-state index in [1.807, 2.05) is 54.6 Å². The van der Waals surface area contributed by atoms with Gasteiger partial charge in [0, 0.05) is 21.1 Å². The number of fused-ring (bicyclic) bond motifs is 1. The van der Waals surface area contributed by atoms with Gasteiger partial charge in [-0.1, -0.05) is 52.3 Å². The molecule has 0 fully saturated rings. The van der Waals surface area contributed by atoms with Crippen LogP contribution in [-0.4, -0.2) is 13.0 Å². The number of anilines is 1. The van der Waals surface area contributed by atoms with Crippen molar-refractivity contribution in [1.29, 1.82) is 5.26 Å². The summed E-state index contributed by atoms with van der Waals surface area (Å²) in [6, 6.07) is 20.8. The van der Waals surface area contributed by atoms with Crippen molar-refractivity contribution in [3.63, 3.8) is 0 Å². The number of halogens is 1. The molecule has 0 bridgehead atoms. The molecule has 128 valence electrons. The fraction of sp³-hybridized carbons (Fsp3) is 0.0476. The van der Waals surface area contributed by atoms with Gasteiger partial charge in [0.1, 0.15) is 17.4 Å². The molecule has 0 atom stereocenters. The SMILES string of the molecule is COc1ccc(Br)cc1/C=C(\C#N)C(=O)Nc1cccc2ccccc12. The van der Waals surface area contributed by atoms with Gasteiger partial charge in [-0.05, 0) is 35.7 Å². The highest BCUT2D eigenvalue weighted by molar-refractivity contribution is 9.10. The molecule has 0 radical (unpaired) electrons. The minimum atomic E-state index is -0.467. The number of ether oxygens (including phenoxy) is 1. The molecule has 3 aromatic rings. The Kier molecular flexibility index (Phi) is 5.35. The second kappa shape index (κ2) is 7.85. The lowest BCUT2D eigenvalue weighted by atomic mass is 10.1. The van der Waals surface area contributed by atoms with E-state index in [0.717, 1.165) is 15.2 Å². The molecule has 1 N–H and O–H groups in total. The molecule has 5 heteroatoms. The molecule has 0 saturated heterocycles. The number of hydrogen-bond acceptors (Lipinski definition) is 3. The van der Waals surface area contributed by atoms with Gasteiger partial charge < -0.3 is 10.1 Å². The number of amides is 1. The van der Waals surface area contributed by atoms with Crippen molar-refractivity contribution >= 4 is 44.4 Å². The quantitative estimate of drug-likeness (QED) is 0.480. The molecule has 1 amide bonds. The fourth-order valence-electron chi connectivity index (χ4n) is 2.65. The first kappa shape index (κ1) is 17.7. The third-order valence-electron chi connectivity index (χ3n) is 3.89. The van der Waals surface area contributed by atoms with Crippen LogP contribution in [0.5, 0.6) is 5.75 Å². The third kappa shape index (κ3) is 3.76. The largest absolute Gasteiger partial charge is 0.496 e. The van der Waals surface area contributed by atoms with Crippen LogP contribution in [0.15, 0.2) is 70.7 Å². The van der Waals surface area contributed by atoms with E-state index >= 15 is 0 Å². The van der Waals surface area contributed by atoms with E-state index in [2.05, 4.69) is 21.2 Å². The summed E-state index contributed by atoms with van der Waals surface area (Å²) in [7, 11) is 1.54. The van der Waals surface area contributed by atoms with Gasteiger partial charge >= 0.3 is 0 Å². The van der Waals surface area contributed by atoms with E-state index in [9.17, 15) is 10.1 Å². The van der Waals surface area contributed by atoms with Gasteiger partial charge in [0.05, 0.1) is 7.11 Å². The summed E-state index contributed by atoms with van der Waals surface area (Å²) in [4.78, 5) is 12.6. The molecule has 26 heavy (non-hydrogen) atoms. The van der Waals surface area contributed by atoms with Crippen molar-refractivity contribution in [2.75, 3.05) is 12.4 Å². The van der Waals surface area contributed by atoms with Crippen LogP contribution in [0.3, 0.4) is 0 Å². The Balaban J connectivity index is 1.95. The van der Waals surface area contributed by atoms with Crippen molar-refractivity contribution in [1.82, 2.24) is 0 Å². The van der Waals surface area contributed by atoms with E-state index in [1.165, 1.54) is 6.08 Å². The van der Waals surface area contributed by atoms with Crippen LogP contribution in [0.25, 0.3) is 16.8 Å². The Labute approximate surface area is 159 Å². The Morgan fingerprint density at radius 3 is 2.69 bits per heavy atom.